The smallest absolute Gasteiger partial charge is 0.317 e. The van der Waals surface area contributed by atoms with Crippen LogP contribution in [0, 0.1) is 5.92 Å². The van der Waals surface area contributed by atoms with E-state index >= 15 is 0 Å². The molecule has 1 aromatic rings. The molecular weight excluding hydrogens is 310 g/mol. The van der Waals surface area contributed by atoms with Crippen LogP contribution in [0.1, 0.15) is 13.8 Å². The topological polar surface area (TPSA) is 49.8 Å². The third-order valence-electron chi connectivity index (χ3n) is 2.45. The van der Waals surface area contributed by atoms with E-state index in [4.69, 9.17) is 9.84 Å². The second-order valence-corrected chi connectivity index (χ2v) is 5.74. The molecule has 0 unspecified atom stereocenters. The SMILES string of the molecule is CC(C)CN(CCOc1cccc(Br)c1)CC(=O)O. The zero-order chi connectivity index (χ0) is 14.3. The highest BCUT2D eigenvalue weighted by atomic mass is 79.9. The highest BCUT2D eigenvalue weighted by Gasteiger charge is 2.11. The molecule has 0 fully saturated rings. The van der Waals surface area contributed by atoms with Gasteiger partial charge in [0.05, 0.1) is 6.54 Å². The summed E-state index contributed by atoms with van der Waals surface area (Å²) in [4.78, 5) is 12.7. The summed E-state index contributed by atoms with van der Waals surface area (Å²) in [7, 11) is 0. The predicted octanol–water partition coefficient (Wildman–Crippen LogP) is 2.87. The molecular formula is C14H20BrNO3. The molecule has 0 aromatic heterocycles. The zero-order valence-electron chi connectivity index (χ0n) is 11.3. The van der Waals surface area contributed by atoms with Crippen LogP contribution in [0.4, 0.5) is 0 Å². The Morgan fingerprint density at radius 1 is 1.47 bits per heavy atom. The van der Waals surface area contributed by atoms with Crippen LogP contribution in [0.5, 0.6) is 5.75 Å². The van der Waals surface area contributed by atoms with E-state index in [2.05, 4.69) is 29.8 Å². The molecule has 4 nitrogen and oxygen atoms in total. The molecule has 1 aromatic carbocycles. The number of nitrogens with zero attached hydrogens (tertiary/aromatic N) is 1. The standard InChI is InChI=1S/C14H20BrNO3/c1-11(2)9-16(10-14(17)18)6-7-19-13-5-3-4-12(15)8-13/h3-5,8,11H,6-7,9-10H2,1-2H3,(H,17,18). The Labute approximate surface area is 122 Å². The normalized spacial score (nSPS) is 11.0. The Hall–Kier alpha value is -1.07. The Balaban J connectivity index is 2.40. The number of benzene rings is 1. The van der Waals surface area contributed by atoms with Gasteiger partial charge in [-0.15, -0.1) is 0 Å². The molecule has 0 spiro atoms. The molecule has 0 aliphatic rings. The van der Waals surface area contributed by atoms with Gasteiger partial charge in [-0.25, -0.2) is 0 Å². The van der Waals surface area contributed by atoms with Gasteiger partial charge in [-0.1, -0.05) is 35.8 Å². The summed E-state index contributed by atoms with van der Waals surface area (Å²) < 4.78 is 6.58. The summed E-state index contributed by atoms with van der Waals surface area (Å²) in [6.07, 6.45) is 0. The van der Waals surface area contributed by atoms with Gasteiger partial charge in [0.1, 0.15) is 12.4 Å². The average Bonchev–Trinajstić information content (AvgIpc) is 2.27. The van der Waals surface area contributed by atoms with Crippen molar-refractivity contribution in [3.63, 3.8) is 0 Å². The van der Waals surface area contributed by atoms with Crippen LogP contribution in [-0.4, -0.2) is 42.2 Å². The van der Waals surface area contributed by atoms with E-state index in [1.807, 2.05) is 29.2 Å². The number of hydrogen-bond donors (Lipinski definition) is 1. The largest absolute Gasteiger partial charge is 0.492 e. The van der Waals surface area contributed by atoms with Crippen LogP contribution in [0.2, 0.25) is 0 Å². The third kappa shape index (κ3) is 7.18. The van der Waals surface area contributed by atoms with Crippen molar-refractivity contribution in [3.05, 3.63) is 28.7 Å². The van der Waals surface area contributed by atoms with Crippen molar-refractivity contribution in [1.82, 2.24) is 4.90 Å². The van der Waals surface area contributed by atoms with Crippen molar-refractivity contribution in [2.24, 2.45) is 5.92 Å². The van der Waals surface area contributed by atoms with Gasteiger partial charge in [0.2, 0.25) is 0 Å². The molecule has 0 saturated carbocycles. The Bertz CT molecular complexity index is 409. The van der Waals surface area contributed by atoms with E-state index in [0.29, 0.717) is 19.1 Å². The van der Waals surface area contributed by atoms with Gasteiger partial charge in [0.25, 0.3) is 0 Å². The predicted molar refractivity (Wildman–Crippen MR) is 78.6 cm³/mol. The number of carboxylic acids is 1. The van der Waals surface area contributed by atoms with Crippen LogP contribution >= 0.6 is 15.9 Å². The van der Waals surface area contributed by atoms with Gasteiger partial charge < -0.3 is 9.84 Å². The van der Waals surface area contributed by atoms with E-state index in [0.717, 1.165) is 16.8 Å². The number of carboxylic acid groups (broad SMARTS) is 1. The minimum absolute atomic E-state index is 0.0556. The van der Waals surface area contributed by atoms with Gasteiger partial charge in [-0.3, -0.25) is 9.69 Å². The average molecular weight is 330 g/mol. The summed E-state index contributed by atoms with van der Waals surface area (Å²) in [5.74, 6) is 0.419. The zero-order valence-corrected chi connectivity index (χ0v) is 12.9. The molecule has 0 atom stereocenters. The van der Waals surface area contributed by atoms with Crippen LogP contribution in [-0.2, 0) is 4.79 Å². The number of carbonyl (C=O) groups is 1. The maximum Gasteiger partial charge on any atom is 0.317 e. The van der Waals surface area contributed by atoms with Crippen LogP contribution in [0.25, 0.3) is 0 Å². The first-order valence-corrected chi connectivity index (χ1v) is 7.09. The molecule has 0 bridgehead atoms. The fraction of sp³-hybridized carbons (Fsp3) is 0.500. The minimum Gasteiger partial charge on any atom is -0.492 e. The first-order valence-electron chi connectivity index (χ1n) is 6.30. The highest BCUT2D eigenvalue weighted by molar-refractivity contribution is 9.10. The molecule has 106 valence electrons. The van der Waals surface area contributed by atoms with E-state index in [1.54, 1.807) is 0 Å². The van der Waals surface area contributed by atoms with E-state index in [9.17, 15) is 4.79 Å². The summed E-state index contributed by atoms with van der Waals surface area (Å²) in [6, 6.07) is 7.61. The lowest BCUT2D eigenvalue weighted by Gasteiger charge is -2.22. The molecule has 0 heterocycles. The molecule has 19 heavy (non-hydrogen) atoms. The van der Waals surface area contributed by atoms with Gasteiger partial charge in [0, 0.05) is 17.6 Å². The number of aliphatic carboxylic acids is 1. The summed E-state index contributed by atoms with van der Waals surface area (Å²) in [5.41, 5.74) is 0. The monoisotopic (exact) mass is 329 g/mol. The lowest BCUT2D eigenvalue weighted by molar-refractivity contribution is -0.138. The molecule has 0 aliphatic heterocycles. The first kappa shape index (κ1) is 16.0. The van der Waals surface area contributed by atoms with Gasteiger partial charge in [0.15, 0.2) is 0 Å². The number of ether oxygens (including phenoxy) is 1. The quantitative estimate of drug-likeness (QED) is 0.796. The Morgan fingerprint density at radius 2 is 2.21 bits per heavy atom. The van der Waals surface area contributed by atoms with Crippen molar-refractivity contribution >= 4 is 21.9 Å². The van der Waals surface area contributed by atoms with Gasteiger partial charge in [-0.05, 0) is 24.1 Å². The fourth-order valence-electron chi connectivity index (χ4n) is 1.79. The fourth-order valence-corrected chi connectivity index (χ4v) is 2.17. The molecule has 1 rings (SSSR count). The number of hydrogen-bond acceptors (Lipinski definition) is 3. The molecule has 1 N–H and O–H groups in total. The van der Waals surface area contributed by atoms with Crippen LogP contribution in [0.3, 0.4) is 0 Å². The Kier molecular flexibility index (Phi) is 6.87. The van der Waals surface area contributed by atoms with Gasteiger partial charge in [-0.2, -0.15) is 0 Å². The van der Waals surface area contributed by atoms with E-state index in [1.165, 1.54) is 0 Å². The van der Waals surface area contributed by atoms with Crippen molar-refractivity contribution in [1.29, 1.82) is 0 Å². The molecule has 0 radical (unpaired) electrons. The van der Waals surface area contributed by atoms with Crippen molar-refractivity contribution in [3.8, 4) is 5.75 Å². The van der Waals surface area contributed by atoms with Crippen LogP contribution in [0.15, 0.2) is 28.7 Å². The Morgan fingerprint density at radius 3 is 2.79 bits per heavy atom. The van der Waals surface area contributed by atoms with Crippen molar-refractivity contribution in [2.45, 2.75) is 13.8 Å². The number of rotatable bonds is 8. The maximum atomic E-state index is 10.8. The lowest BCUT2D eigenvalue weighted by Crippen LogP contribution is -2.36. The second kappa shape index (κ2) is 8.17. The molecule has 0 aliphatic carbocycles. The van der Waals surface area contributed by atoms with Crippen molar-refractivity contribution < 1.29 is 14.6 Å². The molecule has 0 amide bonds. The number of halogens is 1. The maximum absolute atomic E-state index is 10.8. The second-order valence-electron chi connectivity index (χ2n) is 4.83. The summed E-state index contributed by atoms with van der Waals surface area (Å²) in [6.45, 7) is 6.05. The summed E-state index contributed by atoms with van der Waals surface area (Å²) in [5, 5.41) is 8.86. The van der Waals surface area contributed by atoms with Gasteiger partial charge >= 0.3 is 5.97 Å². The van der Waals surface area contributed by atoms with Crippen LogP contribution < -0.4 is 4.74 Å². The van der Waals surface area contributed by atoms with E-state index < -0.39 is 5.97 Å². The molecule has 5 heteroatoms. The first-order chi connectivity index (χ1) is 8.97. The molecule has 0 saturated heterocycles. The van der Waals surface area contributed by atoms with E-state index in [-0.39, 0.29) is 6.54 Å². The third-order valence-corrected chi connectivity index (χ3v) is 2.95. The minimum atomic E-state index is -0.803. The van der Waals surface area contributed by atoms with Crippen molar-refractivity contribution in [2.75, 3.05) is 26.2 Å². The summed E-state index contributed by atoms with van der Waals surface area (Å²) >= 11 is 3.38. The highest BCUT2D eigenvalue weighted by Crippen LogP contribution is 2.17. The lowest BCUT2D eigenvalue weighted by atomic mass is 10.2.